The maximum absolute atomic E-state index is 13.0. The molecule has 0 saturated heterocycles. The van der Waals surface area contributed by atoms with Crippen molar-refractivity contribution in [1.82, 2.24) is 0 Å². The van der Waals surface area contributed by atoms with Crippen molar-refractivity contribution in [3.8, 4) is 0 Å². The van der Waals surface area contributed by atoms with Gasteiger partial charge in [-0.2, -0.15) is 0 Å². The summed E-state index contributed by atoms with van der Waals surface area (Å²) in [6.07, 6.45) is 26.2. The summed E-state index contributed by atoms with van der Waals surface area (Å²) in [6, 6.07) is 0. The zero-order chi connectivity index (χ0) is 30.6. The Bertz CT molecular complexity index is 725. The second-order valence-corrected chi connectivity index (χ2v) is 13.5. The van der Waals surface area contributed by atoms with Gasteiger partial charge in [-0.1, -0.05) is 122 Å². The Balaban J connectivity index is 1.92. The summed E-state index contributed by atoms with van der Waals surface area (Å²) >= 11 is 0. The molecule has 4 unspecified atom stereocenters. The third-order valence-electron chi connectivity index (χ3n) is 9.73. The molecule has 3 aliphatic rings. The maximum Gasteiger partial charge on any atom is 0.360 e. The van der Waals surface area contributed by atoms with Gasteiger partial charge >= 0.3 is 11.9 Å². The molecule has 0 aromatic heterocycles. The zero-order valence-corrected chi connectivity index (χ0v) is 27.2. The van der Waals surface area contributed by atoms with E-state index in [0.717, 1.165) is 109 Å². The predicted molar refractivity (Wildman–Crippen MR) is 171 cm³/mol. The number of aliphatic hydroxyl groups is 2. The van der Waals surface area contributed by atoms with E-state index in [0.29, 0.717) is 12.8 Å². The minimum atomic E-state index is -1.89. The molecule has 0 heterocycles. The standard InChI is InChI=1S/C36H64O7/c1-2-35(39)43-36(41-32-24-18-11-7-4-8-12-19-25-32,42-33-26-20-14-13-15-21-30(38)27-28-33)34(29-37)40-31-22-16-9-5-3-6-10-17-23-31/h2,30-34,37-38H,1,3-29H2. The van der Waals surface area contributed by atoms with Gasteiger partial charge in [-0.25, -0.2) is 4.79 Å². The van der Waals surface area contributed by atoms with Gasteiger partial charge < -0.3 is 29.2 Å². The lowest BCUT2D eigenvalue weighted by molar-refractivity contribution is -0.430. The highest BCUT2D eigenvalue weighted by Crippen LogP contribution is 2.35. The van der Waals surface area contributed by atoms with Crippen molar-refractivity contribution in [2.45, 2.75) is 203 Å². The van der Waals surface area contributed by atoms with Gasteiger partial charge in [-0.3, -0.25) is 0 Å². The monoisotopic (exact) mass is 608 g/mol. The summed E-state index contributed by atoms with van der Waals surface area (Å²) in [7, 11) is 0. The second-order valence-electron chi connectivity index (χ2n) is 13.5. The minimum Gasteiger partial charge on any atom is -0.402 e. The lowest BCUT2D eigenvalue weighted by Gasteiger charge is -2.43. The molecule has 0 bridgehead atoms. The van der Waals surface area contributed by atoms with E-state index in [-0.39, 0.29) is 31.0 Å². The van der Waals surface area contributed by atoms with Gasteiger partial charge in [0.25, 0.3) is 0 Å². The average Bonchev–Trinajstić information content (AvgIpc) is 3.02. The molecule has 0 aromatic rings. The van der Waals surface area contributed by atoms with Crippen LogP contribution in [-0.2, 0) is 23.7 Å². The number of rotatable bonds is 10. The average molecular weight is 609 g/mol. The van der Waals surface area contributed by atoms with Crippen molar-refractivity contribution in [2.75, 3.05) is 6.61 Å². The summed E-state index contributed by atoms with van der Waals surface area (Å²) in [6.45, 7) is 3.28. The quantitative estimate of drug-likeness (QED) is 0.146. The fourth-order valence-electron chi connectivity index (χ4n) is 7.10. The first-order valence-corrected chi connectivity index (χ1v) is 18.2. The van der Waals surface area contributed by atoms with E-state index in [1.165, 1.54) is 51.4 Å². The molecule has 0 aromatic carbocycles. The van der Waals surface area contributed by atoms with Crippen molar-refractivity contribution in [1.29, 1.82) is 0 Å². The molecule has 43 heavy (non-hydrogen) atoms. The lowest BCUT2D eigenvalue weighted by Crippen LogP contribution is -2.58. The first-order valence-electron chi connectivity index (χ1n) is 18.2. The Hall–Kier alpha value is -0.990. The molecule has 0 spiro atoms. The van der Waals surface area contributed by atoms with Crippen LogP contribution >= 0.6 is 0 Å². The van der Waals surface area contributed by atoms with Crippen LogP contribution in [-0.4, -0.2) is 59.3 Å². The minimum absolute atomic E-state index is 0.0702. The highest BCUT2D eigenvalue weighted by Gasteiger charge is 2.50. The highest BCUT2D eigenvalue weighted by molar-refractivity contribution is 5.81. The van der Waals surface area contributed by atoms with E-state index in [4.69, 9.17) is 18.9 Å². The number of esters is 1. The van der Waals surface area contributed by atoms with E-state index in [2.05, 4.69) is 6.58 Å². The van der Waals surface area contributed by atoms with Crippen LogP contribution in [0, 0.1) is 0 Å². The number of carbonyl (C=O) groups excluding carboxylic acids is 1. The van der Waals surface area contributed by atoms with Gasteiger partial charge in [0.1, 0.15) is 0 Å². The van der Waals surface area contributed by atoms with Crippen LogP contribution in [0.25, 0.3) is 0 Å². The maximum atomic E-state index is 13.0. The molecule has 3 saturated carbocycles. The Morgan fingerprint density at radius 1 is 0.628 bits per heavy atom. The Morgan fingerprint density at radius 2 is 1.02 bits per heavy atom. The third-order valence-corrected chi connectivity index (χ3v) is 9.73. The smallest absolute Gasteiger partial charge is 0.360 e. The molecular formula is C36H64O7. The second kappa shape index (κ2) is 21.7. The molecule has 7 heteroatoms. The molecule has 0 aliphatic heterocycles. The molecule has 3 aliphatic carbocycles. The summed E-state index contributed by atoms with van der Waals surface area (Å²) in [5.74, 6) is -2.53. The molecular weight excluding hydrogens is 544 g/mol. The number of hydrogen-bond donors (Lipinski definition) is 2. The lowest BCUT2D eigenvalue weighted by atomic mass is 9.97. The number of carbonyl (C=O) groups is 1. The molecule has 0 amide bonds. The molecule has 3 rings (SSSR count). The molecule has 250 valence electrons. The molecule has 7 nitrogen and oxygen atoms in total. The number of aliphatic hydroxyl groups excluding tert-OH is 2. The molecule has 3 fully saturated rings. The van der Waals surface area contributed by atoms with Crippen LogP contribution in [0.2, 0.25) is 0 Å². The zero-order valence-electron chi connectivity index (χ0n) is 27.2. The van der Waals surface area contributed by atoms with Crippen molar-refractivity contribution in [3.05, 3.63) is 12.7 Å². The highest BCUT2D eigenvalue weighted by atomic mass is 16.9. The predicted octanol–water partition coefficient (Wildman–Crippen LogP) is 8.43. The van der Waals surface area contributed by atoms with E-state index >= 15 is 0 Å². The van der Waals surface area contributed by atoms with Crippen molar-refractivity contribution >= 4 is 5.97 Å². The van der Waals surface area contributed by atoms with Gasteiger partial charge in [0, 0.05) is 6.08 Å². The van der Waals surface area contributed by atoms with Gasteiger partial charge in [0.2, 0.25) is 0 Å². The first-order chi connectivity index (χ1) is 21.0. The van der Waals surface area contributed by atoms with E-state index in [1.54, 1.807) is 0 Å². The topological polar surface area (TPSA) is 94.5 Å². The summed E-state index contributed by atoms with van der Waals surface area (Å²) in [5.41, 5.74) is 0. The summed E-state index contributed by atoms with van der Waals surface area (Å²) in [4.78, 5) is 13.0. The number of hydrogen-bond acceptors (Lipinski definition) is 7. The van der Waals surface area contributed by atoms with E-state index < -0.39 is 18.0 Å². The number of ether oxygens (including phenoxy) is 4. The largest absolute Gasteiger partial charge is 0.402 e. The van der Waals surface area contributed by atoms with Gasteiger partial charge in [-0.15, -0.1) is 0 Å². The normalized spacial score (nSPS) is 27.7. The van der Waals surface area contributed by atoms with Crippen LogP contribution in [0.5, 0.6) is 0 Å². The van der Waals surface area contributed by atoms with Crippen molar-refractivity contribution in [2.24, 2.45) is 0 Å². The Morgan fingerprint density at radius 3 is 1.47 bits per heavy atom. The summed E-state index contributed by atoms with van der Waals surface area (Å²) in [5, 5.41) is 21.5. The molecule has 0 radical (unpaired) electrons. The summed E-state index contributed by atoms with van der Waals surface area (Å²) < 4.78 is 26.6. The van der Waals surface area contributed by atoms with Crippen LogP contribution in [0.1, 0.15) is 167 Å². The van der Waals surface area contributed by atoms with Crippen LogP contribution in [0.3, 0.4) is 0 Å². The molecule has 2 N–H and O–H groups in total. The van der Waals surface area contributed by atoms with Gasteiger partial charge in [0.15, 0.2) is 6.10 Å². The Labute approximate surface area is 262 Å². The van der Waals surface area contributed by atoms with Crippen molar-refractivity contribution < 1.29 is 34.0 Å². The van der Waals surface area contributed by atoms with E-state index in [1.807, 2.05) is 0 Å². The van der Waals surface area contributed by atoms with E-state index in [9.17, 15) is 15.0 Å². The first kappa shape index (κ1) is 36.5. The third kappa shape index (κ3) is 14.3. The fourth-order valence-corrected chi connectivity index (χ4v) is 7.10. The Kier molecular flexibility index (Phi) is 18.4. The SMILES string of the molecule is C=CC(=O)OC(OC1CCCCCCCCC1)(OC1CCCCCCC(O)CC1)C(CO)OC1CCCCCCCCC1. The van der Waals surface area contributed by atoms with Crippen LogP contribution < -0.4 is 0 Å². The molecule has 4 atom stereocenters. The fraction of sp³-hybridized carbons (Fsp3) is 0.917. The van der Waals surface area contributed by atoms with Gasteiger partial charge in [-0.05, 0) is 51.4 Å². The van der Waals surface area contributed by atoms with Crippen LogP contribution in [0.4, 0.5) is 0 Å². The van der Waals surface area contributed by atoms with Crippen LogP contribution in [0.15, 0.2) is 12.7 Å². The van der Waals surface area contributed by atoms with Gasteiger partial charge in [0.05, 0.1) is 31.0 Å². The van der Waals surface area contributed by atoms with Crippen molar-refractivity contribution in [3.63, 3.8) is 0 Å².